The van der Waals surface area contributed by atoms with E-state index in [1.165, 1.54) is 16.8 Å². The Kier molecular flexibility index (Phi) is 4.01. The van der Waals surface area contributed by atoms with Gasteiger partial charge in [-0.3, -0.25) is 9.58 Å². The van der Waals surface area contributed by atoms with E-state index < -0.39 is 0 Å². The Labute approximate surface area is 141 Å². The van der Waals surface area contributed by atoms with E-state index in [9.17, 15) is 0 Å². The smallest absolute Gasteiger partial charge is 0.0925 e. The van der Waals surface area contributed by atoms with E-state index in [4.69, 9.17) is 0 Å². The summed E-state index contributed by atoms with van der Waals surface area (Å²) >= 11 is 0. The number of imidazole rings is 1. The molecular weight excluding hydrogens is 298 g/mol. The van der Waals surface area contributed by atoms with Gasteiger partial charge in [0, 0.05) is 44.4 Å². The molecule has 0 spiro atoms. The number of aromatic amines is 1. The number of aryl methyl sites for hydroxylation is 1. The Balaban J connectivity index is 1.51. The lowest BCUT2D eigenvalue weighted by molar-refractivity contribution is 0.261. The van der Waals surface area contributed by atoms with E-state index in [2.05, 4.69) is 62.6 Å². The maximum absolute atomic E-state index is 4.55. The molecule has 1 atom stereocenters. The van der Waals surface area contributed by atoms with Gasteiger partial charge in [-0.15, -0.1) is 0 Å². The lowest BCUT2D eigenvalue weighted by Gasteiger charge is -2.30. The molecule has 122 valence electrons. The second kappa shape index (κ2) is 6.45. The first-order valence-corrected chi connectivity index (χ1v) is 8.24. The lowest BCUT2D eigenvalue weighted by atomic mass is 9.93. The quantitative estimate of drug-likeness (QED) is 0.804. The van der Waals surface area contributed by atoms with Crippen LogP contribution in [-0.2, 0) is 13.6 Å². The summed E-state index contributed by atoms with van der Waals surface area (Å²) in [5.41, 5.74) is 4.83. The van der Waals surface area contributed by atoms with Crippen molar-refractivity contribution in [2.75, 3.05) is 13.1 Å². The fourth-order valence-corrected chi connectivity index (χ4v) is 3.32. The lowest BCUT2D eigenvalue weighted by Crippen LogP contribution is -2.34. The molecule has 0 fully saturated rings. The monoisotopic (exact) mass is 319 g/mol. The first-order chi connectivity index (χ1) is 11.8. The highest BCUT2D eigenvalue weighted by atomic mass is 15.2. The SMILES string of the molecule is Cn1cc(C2CN(C/C=C/c3ccccc3)Cc3[nH]cnc32)cn1. The van der Waals surface area contributed by atoms with Gasteiger partial charge in [-0.1, -0.05) is 42.5 Å². The number of H-pyrrole nitrogens is 1. The van der Waals surface area contributed by atoms with Gasteiger partial charge in [-0.2, -0.15) is 5.10 Å². The molecule has 1 N–H and O–H groups in total. The molecule has 2 aromatic heterocycles. The van der Waals surface area contributed by atoms with Crippen LogP contribution in [0, 0.1) is 0 Å². The predicted octanol–water partition coefficient (Wildman–Crippen LogP) is 2.80. The number of aromatic nitrogens is 4. The molecule has 0 amide bonds. The van der Waals surface area contributed by atoms with Crippen LogP contribution in [0.4, 0.5) is 0 Å². The second-order valence-corrected chi connectivity index (χ2v) is 6.27. The molecule has 1 unspecified atom stereocenters. The molecule has 0 bridgehead atoms. The average molecular weight is 319 g/mol. The summed E-state index contributed by atoms with van der Waals surface area (Å²) in [5.74, 6) is 0.277. The molecule has 0 saturated carbocycles. The molecule has 4 rings (SSSR count). The first-order valence-electron chi connectivity index (χ1n) is 8.24. The molecule has 0 aliphatic carbocycles. The summed E-state index contributed by atoms with van der Waals surface area (Å²) in [5, 5.41) is 4.32. The Morgan fingerprint density at radius 3 is 2.96 bits per heavy atom. The molecule has 0 radical (unpaired) electrons. The van der Waals surface area contributed by atoms with Crippen LogP contribution in [0.15, 0.2) is 55.1 Å². The topological polar surface area (TPSA) is 49.7 Å². The minimum Gasteiger partial charge on any atom is -0.347 e. The van der Waals surface area contributed by atoms with E-state index in [0.717, 1.165) is 25.3 Å². The largest absolute Gasteiger partial charge is 0.347 e. The van der Waals surface area contributed by atoms with E-state index in [1.54, 1.807) is 6.33 Å². The van der Waals surface area contributed by atoms with Crippen LogP contribution in [-0.4, -0.2) is 37.7 Å². The van der Waals surface area contributed by atoms with Crippen molar-refractivity contribution in [3.63, 3.8) is 0 Å². The van der Waals surface area contributed by atoms with Crippen molar-refractivity contribution in [1.82, 2.24) is 24.6 Å². The molecule has 3 heterocycles. The second-order valence-electron chi connectivity index (χ2n) is 6.27. The first kappa shape index (κ1) is 14.9. The summed E-state index contributed by atoms with van der Waals surface area (Å²) < 4.78 is 1.86. The van der Waals surface area contributed by atoms with Crippen molar-refractivity contribution in [3.8, 4) is 0 Å². The van der Waals surface area contributed by atoms with Crippen LogP contribution < -0.4 is 0 Å². The molecule has 1 aromatic carbocycles. The normalized spacial score (nSPS) is 18.1. The number of rotatable bonds is 4. The van der Waals surface area contributed by atoms with E-state index in [-0.39, 0.29) is 5.92 Å². The number of nitrogens with one attached hydrogen (secondary N) is 1. The third-order valence-corrected chi connectivity index (χ3v) is 4.50. The summed E-state index contributed by atoms with van der Waals surface area (Å²) in [6, 6.07) is 10.4. The summed E-state index contributed by atoms with van der Waals surface area (Å²) in [6.45, 7) is 2.79. The predicted molar refractivity (Wildman–Crippen MR) is 94.4 cm³/mol. The maximum Gasteiger partial charge on any atom is 0.0925 e. The van der Waals surface area contributed by atoms with Crippen LogP contribution in [0.25, 0.3) is 6.08 Å². The van der Waals surface area contributed by atoms with Crippen molar-refractivity contribution in [2.24, 2.45) is 7.05 Å². The van der Waals surface area contributed by atoms with Crippen molar-refractivity contribution in [3.05, 3.63) is 77.6 Å². The summed E-state index contributed by atoms with van der Waals surface area (Å²) in [6.07, 6.45) is 10.3. The highest BCUT2D eigenvalue weighted by Crippen LogP contribution is 2.31. The average Bonchev–Trinajstić information content (AvgIpc) is 3.24. The zero-order chi connectivity index (χ0) is 16.4. The van der Waals surface area contributed by atoms with E-state index in [0.29, 0.717) is 0 Å². The van der Waals surface area contributed by atoms with E-state index in [1.807, 2.05) is 24.0 Å². The van der Waals surface area contributed by atoms with Gasteiger partial charge in [0.05, 0.1) is 23.9 Å². The minimum atomic E-state index is 0.277. The number of benzene rings is 1. The highest BCUT2D eigenvalue weighted by Gasteiger charge is 2.29. The van der Waals surface area contributed by atoms with Crippen LogP contribution in [0.1, 0.15) is 28.4 Å². The van der Waals surface area contributed by atoms with Crippen molar-refractivity contribution in [1.29, 1.82) is 0 Å². The molecule has 5 nitrogen and oxygen atoms in total. The highest BCUT2D eigenvalue weighted by molar-refractivity contribution is 5.48. The molecule has 1 aliphatic heterocycles. The fraction of sp³-hybridized carbons (Fsp3) is 0.263. The van der Waals surface area contributed by atoms with Gasteiger partial charge in [0.15, 0.2) is 0 Å². The van der Waals surface area contributed by atoms with Gasteiger partial charge in [0.25, 0.3) is 0 Å². The van der Waals surface area contributed by atoms with Gasteiger partial charge < -0.3 is 4.98 Å². The zero-order valence-corrected chi connectivity index (χ0v) is 13.8. The molecule has 3 aromatic rings. The molecular formula is C19H21N5. The van der Waals surface area contributed by atoms with E-state index >= 15 is 0 Å². The number of nitrogens with zero attached hydrogens (tertiary/aromatic N) is 4. The van der Waals surface area contributed by atoms with Crippen LogP contribution in [0.2, 0.25) is 0 Å². The summed E-state index contributed by atoms with van der Waals surface area (Å²) in [4.78, 5) is 10.3. The number of hydrogen-bond acceptors (Lipinski definition) is 3. The van der Waals surface area contributed by atoms with Crippen LogP contribution >= 0.6 is 0 Å². The van der Waals surface area contributed by atoms with Gasteiger partial charge >= 0.3 is 0 Å². The van der Waals surface area contributed by atoms with Gasteiger partial charge in [0.2, 0.25) is 0 Å². The van der Waals surface area contributed by atoms with Gasteiger partial charge in [-0.05, 0) is 5.56 Å². The Morgan fingerprint density at radius 2 is 2.17 bits per heavy atom. The van der Waals surface area contributed by atoms with Crippen LogP contribution in [0.5, 0.6) is 0 Å². The zero-order valence-electron chi connectivity index (χ0n) is 13.8. The molecule has 24 heavy (non-hydrogen) atoms. The standard InChI is InChI=1S/C19H21N5/c1-23-11-16(10-22-23)17-12-24(13-18-19(17)21-14-20-18)9-5-8-15-6-3-2-4-7-15/h2-8,10-11,14,17H,9,12-13H2,1H3,(H,20,21)/b8-5+. The Hall–Kier alpha value is -2.66. The van der Waals surface area contributed by atoms with Gasteiger partial charge in [-0.25, -0.2) is 4.98 Å². The van der Waals surface area contributed by atoms with Crippen molar-refractivity contribution >= 4 is 6.08 Å². The molecule has 5 heteroatoms. The van der Waals surface area contributed by atoms with Crippen LogP contribution in [0.3, 0.4) is 0 Å². The van der Waals surface area contributed by atoms with Crippen molar-refractivity contribution in [2.45, 2.75) is 12.5 Å². The molecule has 1 aliphatic rings. The minimum absolute atomic E-state index is 0.277. The maximum atomic E-state index is 4.55. The third-order valence-electron chi connectivity index (χ3n) is 4.50. The Bertz CT molecular complexity index is 830. The fourth-order valence-electron chi connectivity index (χ4n) is 3.32. The van der Waals surface area contributed by atoms with Crippen molar-refractivity contribution < 1.29 is 0 Å². The number of hydrogen-bond donors (Lipinski definition) is 1. The number of fused-ring (bicyclic) bond motifs is 1. The molecule has 0 saturated heterocycles. The Morgan fingerprint density at radius 1 is 1.29 bits per heavy atom. The summed E-state index contributed by atoms with van der Waals surface area (Å²) in [7, 11) is 1.96. The third kappa shape index (κ3) is 3.03. The van der Waals surface area contributed by atoms with Gasteiger partial charge in [0.1, 0.15) is 0 Å².